The number of H-pyrrole nitrogens is 1. The fourth-order valence-electron chi connectivity index (χ4n) is 4.87. The largest absolute Gasteiger partial charge is 0.340 e. The van der Waals surface area contributed by atoms with Crippen molar-refractivity contribution in [2.75, 3.05) is 39.8 Å². The van der Waals surface area contributed by atoms with E-state index in [-0.39, 0.29) is 23.7 Å². The Balaban J connectivity index is 1.35. The highest BCUT2D eigenvalue weighted by Gasteiger charge is 2.40. The number of amides is 1. The van der Waals surface area contributed by atoms with E-state index in [4.69, 9.17) is 0 Å². The number of rotatable bonds is 5. The average molecular weight is 486 g/mol. The zero-order valence-electron chi connectivity index (χ0n) is 19.2. The van der Waals surface area contributed by atoms with Gasteiger partial charge in [-0.25, -0.2) is 13.8 Å². The quantitative estimate of drug-likeness (QED) is 0.597. The van der Waals surface area contributed by atoms with Gasteiger partial charge >= 0.3 is 0 Å². The number of carbonyl (C=O) groups excluding carboxylic acids is 1. The summed E-state index contributed by atoms with van der Waals surface area (Å²) in [6, 6.07) is 11.2. The van der Waals surface area contributed by atoms with Gasteiger partial charge in [-0.2, -0.15) is 0 Å². The van der Waals surface area contributed by atoms with Crippen LogP contribution in [0, 0.1) is 11.6 Å². The van der Waals surface area contributed by atoms with Crippen molar-refractivity contribution in [1.82, 2.24) is 24.7 Å². The van der Waals surface area contributed by atoms with Crippen molar-refractivity contribution in [3.05, 3.63) is 59.7 Å². The van der Waals surface area contributed by atoms with Crippen LogP contribution in [0.15, 0.2) is 47.6 Å². The standard InChI is InChI=1S/C25H29F2N5OS/c1-30-9-4-10-31(12-11-30)24(33)23-14-19(34-25-28-21-5-2-3-6-22(21)29-25)16-32(23)15-17-7-8-18(26)13-20(17)27/h2-3,5-8,13,19,23H,4,9-12,14-16H2,1H3,(H,28,29)/t19-,23+/m1/s1. The van der Waals surface area contributed by atoms with Crippen molar-refractivity contribution >= 4 is 28.7 Å². The van der Waals surface area contributed by atoms with Crippen molar-refractivity contribution in [3.63, 3.8) is 0 Å². The molecule has 9 heteroatoms. The molecule has 2 saturated heterocycles. The molecule has 0 saturated carbocycles. The van der Waals surface area contributed by atoms with Gasteiger partial charge in [0.05, 0.1) is 17.1 Å². The van der Waals surface area contributed by atoms with E-state index in [2.05, 4.69) is 21.9 Å². The maximum Gasteiger partial charge on any atom is 0.240 e. The Kier molecular flexibility index (Phi) is 6.85. The fourth-order valence-corrected chi connectivity index (χ4v) is 6.05. The van der Waals surface area contributed by atoms with Crippen LogP contribution >= 0.6 is 11.8 Å². The van der Waals surface area contributed by atoms with E-state index in [0.717, 1.165) is 48.3 Å². The second-order valence-electron chi connectivity index (χ2n) is 9.20. The predicted octanol–water partition coefficient (Wildman–Crippen LogP) is 3.74. The molecule has 3 heterocycles. The van der Waals surface area contributed by atoms with E-state index in [1.54, 1.807) is 11.8 Å². The molecule has 2 aliphatic heterocycles. The molecule has 3 aromatic rings. The third-order valence-electron chi connectivity index (χ3n) is 6.72. The highest BCUT2D eigenvalue weighted by atomic mass is 32.2. The van der Waals surface area contributed by atoms with E-state index in [1.807, 2.05) is 34.1 Å². The molecule has 34 heavy (non-hydrogen) atoms. The first kappa shape index (κ1) is 23.3. The summed E-state index contributed by atoms with van der Waals surface area (Å²) in [7, 11) is 2.08. The van der Waals surface area contributed by atoms with Crippen molar-refractivity contribution in [2.24, 2.45) is 0 Å². The lowest BCUT2D eigenvalue weighted by molar-refractivity contribution is -0.136. The molecule has 2 atom stereocenters. The number of hydrogen-bond donors (Lipinski definition) is 1. The summed E-state index contributed by atoms with van der Waals surface area (Å²) >= 11 is 1.63. The minimum Gasteiger partial charge on any atom is -0.340 e. The van der Waals surface area contributed by atoms with Crippen LogP contribution < -0.4 is 0 Å². The summed E-state index contributed by atoms with van der Waals surface area (Å²) < 4.78 is 27.9. The number of imidazole rings is 1. The molecule has 0 aliphatic carbocycles. The third-order valence-corrected chi connectivity index (χ3v) is 7.81. The number of benzene rings is 2. The predicted molar refractivity (Wildman–Crippen MR) is 130 cm³/mol. The first-order valence-corrected chi connectivity index (χ1v) is 12.6. The van der Waals surface area contributed by atoms with Gasteiger partial charge < -0.3 is 14.8 Å². The van der Waals surface area contributed by atoms with Gasteiger partial charge in [-0.3, -0.25) is 9.69 Å². The number of aromatic amines is 1. The summed E-state index contributed by atoms with van der Waals surface area (Å²) in [5.74, 6) is -1.07. The number of para-hydroxylation sites is 2. The molecule has 2 fully saturated rings. The number of fused-ring (bicyclic) bond motifs is 1. The van der Waals surface area contributed by atoms with Crippen LogP contribution in [0.5, 0.6) is 0 Å². The van der Waals surface area contributed by atoms with Crippen LogP contribution in [-0.2, 0) is 11.3 Å². The lowest BCUT2D eigenvalue weighted by Gasteiger charge is -2.29. The van der Waals surface area contributed by atoms with Crippen molar-refractivity contribution in [1.29, 1.82) is 0 Å². The lowest BCUT2D eigenvalue weighted by atomic mass is 10.1. The summed E-state index contributed by atoms with van der Waals surface area (Å²) in [5.41, 5.74) is 2.30. The van der Waals surface area contributed by atoms with Crippen LogP contribution in [-0.4, -0.2) is 81.6 Å². The minimum absolute atomic E-state index is 0.102. The molecular formula is C25H29F2N5OS. The molecule has 2 aromatic carbocycles. The summed E-state index contributed by atoms with van der Waals surface area (Å²) in [5, 5.41) is 0.955. The summed E-state index contributed by atoms with van der Waals surface area (Å²) in [6.45, 7) is 4.16. The van der Waals surface area contributed by atoms with Crippen LogP contribution in [0.25, 0.3) is 11.0 Å². The molecule has 1 N–H and O–H groups in total. The molecule has 0 spiro atoms. The normalized spacial score (nSPS) is 22.4. The molecule has 180 valence electrons. The number of carbonyl (C=O) groups is 1. The second kappa shape index (κ2) is 10.0. The van der Waals surface area contributed by atoms with Crippen LogP contribution in [0.4, 0.5) is 8.78 Å². The van der Waals surface area contributed by atoms with Crippen molar-refractivity contribution in [3.8, 4) is 0 Å². The van der Waals surface area contributed by atoms with Crippen molar-refractivity contribution in [2.45, 2.75) is 35.8 Å². The van der Waals surface area contributed by atoms with Crippen LogP contribution in [0.1, 0.15) is 18.4 Å². The topological polar surface area (TPSA) is 55.5 Å². The molecule has 0 bridgehead atoms. The van der Waals surface area contributed by atoms with Crippen molar-refractivity contribution < 1.29 is 13.6 Å². The van der Waals surface area contributed by atoms with Gasteiger partial charge in [0.15, 0.2) is 5.16 Å². The summed E-state index contributed by atoms with van der Waals surface area (Å²) in [4.78, 5) is 27.9. The lowest BCUT2D eigenvalue weighted by Crippen LogP contribution is -2.46. The van der Waals surface area contributed by atoms with Gasteiger partial charge in [-0.15, -0.1) is 0 Å². The third kappa shape index (κ3) is 5.11. The molecule has 5 rings (SSSR count). The second-order valence-corrected chi connectivity index (χ2v) is 10.5. The Morgan fingerprint density at radius 2 is 2.00 bits per heavy atom. The molecule has 1 aromatic heterocycles. The molecule has 1 amide bonds. The van der Waals surface area contributed by atoms with Gasteiger partial charge in [-0.1, -0.05) is 30.0 Å². The number of likely N-dealkylation sites (N-methyl/N-ethyl adjacent to an activating group) is 1. The molecular weight excluding hydrogens is 456 g/mol. The molecule has 6 nitrogen and oxygen atoms in total. The number of likely N-dealkylation sites (tertiary alicyclic amines) is 1. The maximum atomic E-state index is 14.5. The van der Waals surface area contributed by atoms with Gasteiger partial charge in [0.2, 0.25) is 5.91 Å². The number of halogens is 2. The smallest absolute Gasteiger partial charge is 0.240 e. The highest BCUT2D eigenvalue weighted by Crippen LogP contribution is 2.34. The van der Waals surface area contributed by atoms with Crippen LogP contribution in [0.2, 0.25) is 0 Å². The van der Waals surface area contributed by atoms with E-state index in [1.165, 1.54) is 12.1 Å². The Labute approximate surface area is 202 Å². The molecule has 0 unspecified atom stereocenters. The zero-order chi connectivity index (χ0) is 23.7. The first-order chi connectivity index (χ1) is 16.5. The number of nitrogens with one attached hydrogen (secondary N) is 1. The van der Waals surface area contributed by atoms with Gasteiger partial charge in [0.25, 0.3) is 0 Å². The van der Waals surface area contributed by atoms with Gasteiger partial charge in [-0.05, 0) is 44.6 Å². The van der Waals surface area contributed by atoms with E-state index < -0.39 is 11.6 Å². The monoisotopic (exact) mass is 485 g/mol. The Morgan fingerprint density at radius 3 is 2.82 bits per heavy atom. The van der Waals surface area contributed by atoms with Gasteiger partial charge in [0.1, 0.15) is 11.6 Å². The fraction of sp³-hybridized carbons (Fsp3) is 0.440. The Hall–Kier alpha value is -2.49. The maximum absolute atomic E-state index is 14.5. The van der Waals surface area contributed by atoms with E-state index in [0.29, 0.717) is 25.1 Å². The Morgan fingerprint density at radius 1 is 1.15 bits per heavy atom. The SMILES string of the molecule is CN1CCCN(C(=O)[C@@H]2C[C@@H](Sc3nc4ccccc4[nH]3)CN2Cc2ccc(F)cc2F)CC1. The average Bonchev–Trinajstić information content (AvgIpc) is 3.33. The molecule has 2 aliphatic rings. The number of aromatic nitrogens is 2. The zero-order valence-corrected chi connectivity index (χ0v) is 20.0. The highest BCUT2D eigenvalue weighted by molar-refractivity contribution is 7.99. The summed E-state index contributed by atoms with van der Waals surface area (Å²) in [6.07, 6.45) is 1.61. The number of hydrogen-bond acceptors (Lipinski definition) is 5. The number of nitrogens with zero attached hydrogens (tertiary/aromatic N) is 4. The number of thioether (sulfide) groups is 1. The molecule has 0 radical (unpaired) electrons. The minimum atomic E-state index is -0.595. The Bertz CT molecular complexity index is 1140. The van der Waals surface area contributed by atoms with Gasteiger partial charge in [0, 0.05) is 49.6 Å². The van der Waals surface area contributed by atoms with E-state index in [9.17, 15) is 13.6 Å². The van der Waals surface area contributed by atoms with Crippen LogP contribution in [0.3, 0.4) is 0 Å². The first-order valence-electron chi connectivity index (χ1n) is 11.7. The van der Waals surface area contributed by atoms with E-state index >= 15 is 0 Å².